The highest BCUT2D eigenvalue weighted by Gasteiger charge is 2.25. The van der Waals surface area contributed by atoms with Crippen molar-refractivity contribution in [2.45, 2.75) is 51.7 Å². The Balaban J connectivity index is 4.30. The van der Waals surface area contributed by atoms with Gasteiger partial charge in [0, 0.05) is 18.1 Å². The highest BCUT2D eigenvalue weighted by Crippen LogP contribution is 2.33. The van der Waals surface area contributed by atoms with Gasteiger partial charge in [0.2, 0.25) is 0 Å². The summed E-state index contributed by atoms with van der Waals surface area (Å²) in [4.78, 5) is 21.6. The summed E-state index contributed by atoms with van der Waals surface area (Å²) in [5.74, 6) is 0. The third kappa shape index (κ3) is 7.37. The van der Waals surface area contributed by atoms with E-state index >= 15 is 0 Å². The molecule has 0 aliphatic rings. The van der Waals surface area contributed by atoms with Crippen LogP contribution in [-0.2, 0) is 9.59 Å². The van der Waals surface area contributed by atoms with Gasteiger partial charge in [-0.2, -0.15) is 0 Å². The summed E-state index contributed by atoms with van der Waals surface area (Å²) in [6, 6.07) is 0. The minimum Gasteiger partial charge on any atom is -0.303 e. The molecule has 0 aromatic rings. The zero-order valence-electron chi connectivity index (χ0n) is 10.0. The maximum absolute atomic E-state index is 11.1. The molecule has 0 rings (SSSR count). The lowest BCUT2D eigenvalue weighted by Gasteiger charge is -2.24. The van der Waals surface area contributed by atoms with Crippen LogP contribution in [0.3, 0.4) is 0 Å². The van der Waals surface area contributed by atoms with Gasteiger partial charge in [-0.05, 0) is 33.6 Å². The van der Waals surface area contributed by atoms with E-state index in [9.17, 15) is 9.59 Å². The van der Waals surface area contributed by atoms with Crippen molar-refractivity contribution in [3.8, 4) is 0 Å². The molecule has 0 amide bonds. The number of aldehydes is 1. The predicted molar refractivity (Wildman–Crippen MR) is 66.0 cm³/mol. The summed E-state index contributed by atoms with van der Waals surface area (Å²) in [7, 11) is 0. The Labute approximate surface area is 96.5 Å². The molecule has 1 atom stereocenters. The molecule has 0 saturated heterocycles. The van der Waals surface area contributed by atoms with Crippen LogP contribution in [0.5, 0.6) is 0 Å². The molecule has 0 saturated carbocycles. The molecule has 0 fully saturated rings. The van der Waals surface area contributed by atoms with E-state index in [-0.39, 0.29) is 9.86 Å². The summed E-state index contributed by atoms with van der Waals surface area (Å²) in [5, 5.41) is 0.0801. The van der Waals surface area contributed by atoms with E-state index in [1.807, 2.05) is 6.92 Å². The largest absolute Gasteiger partial charge is 0.303 e. The predicted octanol–water partition coefficient (Wildman–Crippen LogP) is 3.36. The van der Waals surface area contributed by atoms with Gasteiger partial charge in [0.1, 0.15) is 6.29 Å². The van der Waals surface area contributed by atoms with E-state index in [2.05, 4.69) is 19.9 Å². The minimum atomic E-state index is -0.237. The molecule has 0 heterocycles. The molecule has 0 aliphatic heterocycles. The van der Waals surface area contributed by atoms with Crippen LogP contribution < -0.4 is 0 Å². The molecule has 3 heteroatoms. The number of hydrogen-bond donors (Lipinski definition) is 0. The van der Waals surface area contributed by atoms with Crippen molar-refractivity contribution in [3.63, 3.8) is 0 Å². The van der Waals surface area contributed by atoms with Crippen LogP contribution >= 0.6 is 11.8 Å². The van der Waals surface area contributed by atoms with Crippen molar-refractivity contribution < 1.29 is 9.59 Å². The second-order valence-corrected chi connectivity index (χ2v) is 6.00. The van der Waals surface area contributed by atoms with Gasteiger partial charge in [-0.1, -0.05) is 23.4 Å². The molecule has 2 nitrogen and oxygen atoms in total. The minimum absolute atomic E-state index is 0.0801. The van der Waals surface area contributed by atoms with Crippen LogP contribution in [0.4, 0.5) is 0 Å². The van der Waals surface area contributed by atoms with Gasteiger partial charge in [0.15, 0.2) is 5.12 Å². The van der Waals surface area contributed by atoms with Crippen molar-refractivity contribution in [2.75, 3.05) is 0 Å². The molecule has 86 valence electrons. The molecular weight excluding hydrogens is 208 g/mol. The van der Waals surface area contributed by atoms with E-state index in [1.54, 1.807) is 6.92 Å². The molecule has 0 aromatic carbocycles. The fourth-order valence-electron chi connectivity index (χ4n) is 1.38. The fourth-order valence-corrected chi connectivity index (χ4v) is 2.45. The highest BCUT2D eigenvalue weighted by atomic mass is 32.2. The van der Waals surface area contributed by atoms with Crippen molar-refractivity contribution in [3.05, 3.63) is 11.6 Å². The summed E-state index contributed by atoms with van der Waals surface area (Å²) in [5.41, 5.74) is 1.27. The lowest BCUT2D eigenvalue weighted by Crippen LogP contribution is -2.22. The molecule has 0 bridgehead atoms. The Hall–Kier alpha value is -0.570. The maximum atomic E-state index is 11.1. The Morgan fingerprint density at radius 1 is 1.33 bits per heavy atom. The topological polar surface area (TPSA) is 34.1 Å². The van der Waals surface area contributed by atoms with E-state index < -0.39 is 0 Å². The second-order valence-electron chi connectivity index (χ2n) is 4.23. The van der Waals surface area contributed by atoms with Crippen LogP contribution in [0.2, 0.25) is 0 Å². The zero-order chi connectivity index (χ0) is 11.9. The summed E-state index contributed by atoms with van der Waals surface area (Å²) < 4.78 is -0.237. The number of rotatable bonds is 6. The molecule has 0 aliphatic carbocycles. The van der Waals surface area contributed by atoms with Gasteiger partial charge >= 0.3 is 0 Å². The average Bonchev–Trinajstić information content (AvgIpc) is 2.01. The number of carbonyl (C=O) groups is 2. The van der Waals surface area contributed by atoms with Crippen LogP contribution in [0.25, 0.3) is 0 Å². The van der Waals surface area contributed by atoms with E-state index in [0.29, 0.717) is 6.42 Å². The van der Waals surface area contributed by atoms with E-state index in [1.165, 1.54) is 17.3 Å². The van der Waals surface area contributed by atoms with Crippen molar-refractivity contribution in [1.82, 2.24) is 0 Å². The zero-order valence-corrected chi connectivity index (χ0v) is 10.8. The Morgan fingerprint density at radius 3 is 2.33 bits per heavy atom. The summed E-state index contributed by atoms with van der Waals surface area (Å²) in [6.45, 7) is 7.63. The number of allylic oxidation sites excluding steroid dienone is 2. The van der Waals surface area contributed by atoms with Crippen LogP contribution in [0, 0.1) is 0 Å². The molecule has 15 heavy (non-hydrogen) atoms. The summed E-state index contributed by atoms with van der Waals surface area (Å²) in [6.07, 6.45) is 5.27. The SMILES string of the molecule is CC(=O)SC(C)(CC=O)CCC=C(C)C. The Bertz CT molecular complexity index is 254. The van der Waals surface area contributed by atoms with E-state index in [4.69, 9.17) is 0 Å². The first-order valence-corrected chi connectivity index (χ1v) is 5.98. The maximum Gasteiger partial charge on any atom is 0.186 e. The van der Waals surface area contributed by atoms with Crippen LogP contribution in [-0.4, -0.2) is 16.1 Å². The molecule has 0 N–H and O–H groups in total. The van der Waals surface area contributed by atoms with Gasteiger partial charge < -0.3 is 4.79 Å². The highest BCUT2D eigenvalue weighted by molar-refractivity contribution is 8.14. The third-order valence-electron chi connectivity index (χ3n) is 2.13. The van der Waals surface area contributed by atoms with Crippen LogP contribution in [0.1, 0.15) is 47.0 Å². The third-order valence-corrected chi connectivity index (χ3v) is 3.28. The van der Waals surface area contributed by atoms with Gasteiger partial charge in [-0.25, -0.2) is 0 Å². The first kappa shape index (κ1) is 14.4. The van der Waals surface area contributed by atoms with Crippen molar-refractivity contribution in [1.29, 1.82) is 0 Å². The molecule has 1 unspecified atom stereocenters. The molecular formula is C12H20O2S. The normalized spacial score (nSPS) is 14.1. The van der Waals surface area contributed by atoms with Gasteiger partial charge in [0.05, 0.1) is 0 Å². The van der Waals surface area contributed by atoms with Gasteiger partial charge in [-0.3, -0.25) is 4.79 Å². The van der Waals surface area contributed by atoms with Crippen molar-refractivity contribution in [2.24, 2.45) is 0 Å². The quantitative estimate of drug-likeness (QED) is 0.516. The fraction of sp³-hybridized carbons (Fsp3) is 0.667. The number of hydrogen-bond acceptors (Lipinski definition) is 3. The van der Waals surface area contributed by atoms with E-state index in [0.717, 1.165) is 19.1 Å². The monoisotopic (exact) mass is 228 g/mol. The van der Waals surface area contributed by atoms with Gasteiger partial charge in [0.25, 0.3) is 0 Å². The average molecular weight is 228 g/mol. The number of thioether (sulfide) groups is 1. The van der Waals surface area contributed by atoms with Gasteiger partial charge in [-0.15, -0.1) is 0 Å². The first-order chi connectivity index (χ1) is 6.89. The number of carbonyl (C=O) groups excluding carboxylic acids is 2. The molecule has 0 aromatic heterocycles. The molecule has 0 radical (unpaired) electrons. The lowest BCUT2D eigenvalue weighted by molar-refractivity contribution is -0.109. The summed E-state index contributed by atoms with van der Waals surface area (Å²) >= 11 is 1.28. The standard InChI is InChI=1S/C12H20O2S/c1-10(2)6-5-7-12(4,8-9-13)15-11(3)14/h6,9H,5,7-8H2,1-4H3. The first-order valence-electron chi connectivity index (χ1n) is 5.16. The smallest absolute Gasteiger partial charge is 0.186 e. The van der Waals surface area contributed by atoms with Crippen LogP contribution in [0.15, 0.2) is 11.6 Å². The Morgan fingerprint density at radius 2 is 1.93 bits per heavy atom. The second kappa shape index (κ2) is 6.83. The van der Waals surface area contributed by atoms with Crippen molar-refractivity contribution >= 4 is 23.2 Å². The lowest BCUT2D eigenvalue weighted by atomic mass is 10.0. The molecule has 0 spiro atoms. The Kier molecular flexibility index (Phi) is 6.57.